The number of aliphatic hydroxyl groups is 5. The molecule has 0 aromatic carbocycles. The maximum Gasteiger partial charge on any atom is 0.472 e. The fourth-order valence-corrected chi connectivity index (χ4v) is 7.65. The molecule has 0 saturated heterocycles. The molecule has 0 radical (unpaired) electrons. The van der Waals surface area contributed by atoms with E-state index in [0.29, 0.717) is 19.3 Å². The van der Waals surface area contributed by atoms with E-state index in [2.05, 4.69) is 62.5 Å². The van der Waals surface area contributed by atoms with E-state index in [1.165, 1.54) is 70.6 Å². The Bertz CT molecular complexity index is 1300. The standard InChI is InChI=1S/C47H81O13P/c1-3-5-7-9-11-13-15-17-19-20-22-24-26-28-30-32-34-36-41(49)59-39(38-58-61(55,56)60-47-45(53)43(51)42(50)44(52)46(47)54)37-57-40(48)35-33-31-29-27-25-23-21-18-16-14-12-10-8-6-4-2/h5,7,11,13,17,19,22,24,28,30,39,42-47,50-54H,3-4,6,8-10,12,14-16,18,20-21,23,25-27,29,31-38H2,1-2H3,(H,55,56)/b7-5-,13-11-,19-17-,24-22-,30-28-. The molecule has 1 aliphatic carbocycles. The lowest BCUT2D eigenvalue weighted by molar-refractivity contribution is -0.220. The highest BCUT2D eigenvalue weighted by molar-refractivity contribution is 7.47. The summed E-state index contributed by atoms with van der Waals surface area (Å²) in [5, 5.41) is 50.1. The van der Waals surface area contributed by atoms with Crippen molar-refractivity contribution in [1.29, 1.82) is 0 Å². The molecule has 14 heteroatoms. The van der Waals surface area contributed by atoms with Gasteiger partial charge in [0.15, 0.2) is 6.10 Å². The molecule has 0 spiro atoms. The van der Waals surface area contributed by atoms with Gasteiger partial charge in [-0.25, -0.2) is 4.57 Å². The highest BCUT2D eigenvalue weighted by Gasteiger charge is 2.51. The van der Waals surface area contributed by atoms with Gasteiger partial charge in [0, 0.05) is 12.8 Å². The first-order valence-electron chi connectivity index (χ1n) is 23.1. The van der Waals surface area contributed by atoms with E-state index >= 15 is 0 Å². The predicted molar refractivity (Wildman–Crippen MR) is 239 cm³/mol. The molecule has 1 saturated carbocycles. The van der Waals surface area contributed by atoms with Crippen molar-refractivity contribution >= 4 is 19.8 Å². The van der Waals surface area contributed by atoms with Crippen molar-refractivity contribution in [3.63, 3.8) is 0 Å². The Balaban J connectivity index is 2.51. The molecule has 0 amide bonds. The van der Waals surface area contributed by atoms with Crippen LogP contribution in [0, 0.1) is 0 Å². The zero-order valence-electron chi connectivity index (χ0n) is 37.2. The van der Waals surface area contributed by atoms with E-state index in [4.69, 9.17) is 18.5 Å². The predicted octanol–water partition coefficient (Wildman–Crippen LogP) is 8.94. The molecule has 352 valence electrons. The average molecular weight is 885 g/mol. The minimum absolute atomic E-state index is 0.0176. The number of rotatable bonds is 37. The van der Waals surface area contributed by atoms with E-state index in [9.17, 15) is 44.6 Å². The summed E-state index contributed by atoms with van der Waals surface area (Å²) < 4.78 is 33.5. The van der Waals surface area contributed by atoms with Gasteiger partial charge in [0.2, 0.25) is 0 Å². The third kappa shape index (κ3) is 29.5. The smallest absolute Gasteiger partial charge is 0.462 e. The Morgan fingerprint density at radius 2 is 0.934 bits per heavy atom. The molecule has 13 nitrogen and oxygen atoms in total. The summed E-state index contributed by atoms with van der Waals surface area (Å²) in [6, 6.07) is 0. The monoisotopic (exact) mass is 885 g/mol. The van der Waals surface area contributed by atoms with Gasteiger partial charge in [0.05, 0.1) is 6.61 Å². The van der Waals surface area contributed by atoms with Gasteiger partial charge in [-0.1, -0.05) is 164 Å². The SMILES string of the molecule is CC/C=C\C/C=C\C/C=C\C/C=C\C/C=C\CCCC(=O)OC(COC(=O)CCCCCCCCCCCCCCCCC)COP(=O)(O)OC1C(O)C(O)C(O)C(O)C1O. The molecular formula is C47H81O13P. The number of ether oxygens (including phenoxy) is 2. The number of allylic oxidation sites excluding steroid dienone is 10. The number of hydrogen-bond acceptors (Lipinski definition) is 12. The highest BCUT2D eigenvalue weighted by Crippen LogP contribution is 2.47. The van der Waals surface area contributed by atoms with Gasteiger partial charge in [-0.3, -0.25) is 18.6 Å². The second-order valence-electron chi connectivity index (χ2n) is 15.9. The lowest BCUT2D eigenvalue weighted by Crippen LogP contribution is -2.64. The Kier molecular flexibility index (Phi) is 34.3. The van der Waals surface area contributed by atoms with Crippen LogP contribution in [0.25, 0.3) is 0 Å². The Morgan fingerprint density at radius 3 is 1.41 bits per heavy atom. The van der Waals surface area contributed by atoms with E-state index in [0.717, 1.165) is 51.4 Å². The third-order valence-corrected chi connectivity index (χ3v) is 11.4. The zero-order chi connectivity index (χ0) is 45.0. The van der Waals surface area contributed by atoms with Gasteiger partial charge < -0.3 is 39.9 Å². The van der Waals surface area contributed by atoms with Crippen LogP contribution in [0.1, 0.15) is 168 Å². The van der Waals surface area contributed by atoms with Crippen molar-refractivity contribution in [2.45, 2.75) is 211 Å². The summed E-state index contributed by atoms with van der Waals surface area (Å²) >= 11 is 0. The van der Waals surface area contributed by atoms with Crippen LogP contribution in [0.5, 0.6) is 0 Å². The van der Waals surface area contributed by atoms with Crippen molar-refractivity contribution in [1.82, 2.24) is 0 Å². The minimum Gasteiger partial charge on any atom is -0.462 e. The highest BCUT2D eigenvalue weighted by atomic mass is 31.2. The van der Waals surface area contributed by atoms with E-state index in [-0.39, 0.29) is 12.8 Å². The molecule has 0 aromatic rings. The van der Waals surface area contributed by atoms with Crippen molar-refractivity contribution < 1.29 is 63.1 Å². The number of esters is 2. The zero-order valence-corrected chi connectivity index (χ0v) is 38.1. The van der Waals surface area contributed by atoms with Gasteiger partial charge in [0.25, 0.3) is 0 Å². The third-order valence-electron chi connectivity index (χ3n) is 10.4. The number of unbranched alkanes of at least 4 members (excludes halogenated alkanes) is 15. The minimum atomic E-state index is -5.13. The fraction of sp³-hybridized carbons (Fsp3) is 0.745. The molecule has 0 bridgehead atoms. The molecule has 1 rings (SSSR count). The molecule has 0 aromatic heterocycles. The van der Waals surface area contributed by atoms with Crippen LogP contribution in [0.4, 0.5) is 0 Å². The largest absolute Gasteiger partial charge is 0.472 e. The maximum absolute atomic E-state index is 12.8. The summed E-state index contributed by atoms with van der Waals surface area (Å²) in [6.45, 7) is 3.14. The summed E-state index contributed by atoms with van der Waals surface area (Å²) in [4.78, 5) is 35.7. The normalized spacial score (nSPS) is 22.6. The van der Waals surface area contributed by atoms with Crippen LogP contribution >= 0.6 is 7.82 Å². The van der Waals surface area contributed by atoms with Crippen LogP contribution in [-0.2, 0) is 32.7 Å². The van der Waals surface area contributed by atoms with Gasteiger partial charge in [-0.05, 0) is 51.4 Å². The number of hydrogen-bond donors (Lipinski definition) is 6. The quantitative estimate of drug-likeness (QED) is 0.0149. The molecule has 6 N–H and O–H groups in total. The van der Waals surface area contributed by atoms with Crippen LogP contribution < -0.4 is 0 Å². The van der Waals surface area contributed by atoms with Crippen molar-refractivity contribution in [3.8, 4) is 0 Å². The first-order valence-corrected chi connectivity index (χ1v) is 24.6. The van der Waals surface area contributed by atoms with Crippen LogP contribution in [0.3, 0.4) is 0 Å². The number of carbonyl (C=O) groups is 2. The second kappa shape index (κ2) is 37.0. The van der Waals surface area contributed by atoms with Gasteiger partial charge in [0.1, 0.15) is 43.2 Å². The van der Waals surface area contributed by atoms with Crippen molar-refractivity contribution in [3.05, 3.63) is 60.8 Å². The maximum atomic E-state index is 12.8. The molecule has 6 unspecified atom stereocenters. The van der Waals surface area contributed by atoms with Gasteiger partial charge >= 0.3 is 19.8 Å². The lowest BCUT2D eigenvalue weighted by atomic mass is 9.85. The molecular weight excluding hydrogens is 803 g/mol. The lowest BCUT2D eigenvalue weighted by Gasteiger charge is -2.41. The first-order chi connectivity index (χ1) is 29.4. The van der Waals surface area contributed by atoms with Gasteiger partial charge in [-0.2, -0.15) is 0 Å². The van der Waals surface area contributed by atoms with Gasteiger partial charge in [-0.15, -0.1) is 0 Å². The van der Waals surface area contributed by atoms with E-state index < -0.39 is 75.7 Å². The summed E-state index contributed by atoms with van der Waals surface area (Å²) in [5.74, 6) is -1.17. The Morgan fingerprint density at radius 1 is 0.525 bits per heavy atom. The van der Waals surface area contributed by atoms with E-state index in [1.54, 1.807) is 0 Å². The molecule has 6 atom stereocenters. The van der Waals surface area contributed by atoms with E-state index in [1.807, 2.05) is 12.2 Å². The van der Waals surface area contributed by atoms with Crippen molar-refractivity contribution in [2.24, 2.45) is 0 Å². The van der Waals surface area contributed by atoms with Crippen LogP contribution in [0.2, 0.25) is 0 Å². The fourth-order valence-electron chi connectivity index (χ4n) is 6.68. The number of phosphoric ester groups is 1. The molecule has 1 fully saturated rings. The Hall–Kier alpha value is -2.45. The summed E-state index contributed by atoms with van der Waals surface area (Å²) in [7, 11) is -5.13. The molecule has 0 heterocycles. The second-order valence-corrected chi connectivity index (χ2v) is 17.3. The number of phosphoric acid groups is 1. The number of aliphatic hydroxyl groups excluding tert-OH is 5. The summed E-state index contributed by atoms with van der Waals surface area (Å²) in [6.07, 6.45) is 31.4. The van der Waals surface area contributed by atoms with Crippen molar-refractivity contribution in [2.75, 3.05) is 13.2 Å². The molecule has 1 aliphatic rings. The average Bonchev–Trinajstić information content (AvgIpc) is 3.24. The van der Waals surface area contributed by atoms with Crippen LogP contribution in [0.15, 0.2) is 60.8 Å². The number of carbonyl (C=O) groups excluding carboxylic acids is 2. The molecule has 0 aliphatic heterocycles. The topological polar surface area (TPSA) is 210 Å². The Labute approximate surface area is 366 Å². The van der Waals surface area contributed by atoms with Crippen LogP contribution in [-0.4, -0.2) is 98.3 Å². The summed E-state index contributed by atoms with van der Waals surface area (Å²) in [5.41, 5.74) is 0. The molecule has 61 heavy (non-hydrogen) atoms. The first kappa shape index (κ1) is 56.6.